The third kappa shape index (κ3) is 5.84. The molecule has 0 spiro atoms. The highest BCUT2D eigenvalue weighted by atomic mass is 35.5. The normalized spacial score (nSPS) is 13.7. The fourth-order valence-corrected chi connectivity index (χ4v) is 4.97. The first kappa shape index (κ1) is 26.9. The van der Waals surface area contributed by atoms with E-state index in [1.165, 1.54) is 26.6 Å². The van der Waals surface area contributed by atoms with E-state index in [0.29, 0.717) is 39.3 Å². The van der Waals surface area contributed by atoms with E-state index < -0.39 is 6.09 Å². The van der Waals surface area contributed by atoms with Crippen molar-refractivity contribution in [1.82, 2.24) is 19.9 Å². The molecule has 1 fully saturated rings. The quantitative estimate of drug-likeness (QED) is 0.310. The van der Waals surface area contributed by atoms with Crippen molar-refractivity contribution in [2.24, 2.45) is 0 Å². The third-order valence-electron chi connectivity index (χ3n) is 6.19. The minimum absolute atomic E-state index is 0.207. The number of anilines is 1. The van der Waals surface area contributed by atoms with Crippen molar-refractivity contribution in [1.29, 1.82) is 0 Å². The summed E-state index contributed by atoms with van der Waals surface area (Å²) in [6, 6.07) is 8.57. The number of amides is 1. The minimum atomic E-state index is -0.698. The lowest BCUT2D eigenvalue weighted by Gasteiger charge is -2.26. The molecule has 10 nitrogen and oxygen atoms in total. The number of carbonyl (C=O) groups is 1. The number of morpholine rings is 1. The summed E-state index contributed by atoms with van der Waals surface area (Å²) < 4.78 is 21.8. The lowest BCUT2D eigenvalue weighted by Crippen LogP contribution is -2.35. The third-order valence-corrected chi connectivity index (χ3v) is 6.94. The van der Waals surface area contributed by atoms with Gasteiger partial charge in [0.2, 0.25) is 0 Å². The molecule has 1 aliphatic heterocycles. The van der Waals surface area contributed by atoms with Crippen molar-refractivity contribution < 1.29 is 23.7 Å². The molecule has 2 aromatic heterocycles. The maximum Gasteiger partial charge on any atom is 0.417 e. The second-order valence-electron chi connectivity index (χ2n) is 8.59. The Morgan fingerprint density at radius 1 is 0.949 bits per heavy atom. The Balaban J connectivity index is 1.37. The Kier molecular flexibility index (Phi) is 8.27. The predicted octanol–water partition coefficient (Wildman–Crippen LogP) is 5.46. The predicted molar refractivity (Wildman–Crippen MR) is 148 cm³/mol. The molecule has 1 saturated heterocycles. The second-order valence-corrected chi connectivity index (χ2v) is 9.35. The number of benzene rings is 2. The largest absolute Gasteiger partial charge is 0.495 e. The Morgan fingerprint density at radius 3 is 2.28 bits per heavy atom. The number of pyridine rings is 1. The minimum Gasteiger partial charge on any atom is -0.495 e. The van der Waals surface area contributed by atoms with E-state index in [0.717, 1.165) is 38.5 Å². The molecule has 0 bridgehead atoms. The van der Waals surface area contributed by atoms with Gasteiger partial charge in [-0.1, -0.05) is 23.2 Å². The van der Waals surface area contributed by atoms with Crippen molar-refractivity contribution in [3.8, 4) is 28.4 Å². The van der Waals surface area contributed by atoms with Crippen LogP contribution in [0.25, 0.3) is 22.2 Å². The second kappa shape index (κ2) is 12.0. The average molecular weight is 570 g/mol. The maximum absolute atomic E-state index is 12.8. The number of nitrogens with zero attached hydrogens (tertiary/aromatic N) is 4. The van der Waals surface area contributed by atoms with Crippen LogP contribution in [-0.2, 0) is 11.3 Å². The summed E-state index contributed by atoms with van der Waals surface area (Å²) in [4.78, 5) is 28.3. The van der Waals surface area contributed by atoms with Crippen LogP contribution >= 0.6 is 23.2 Å². The highest BCUT2D eigenvalue weighted by Gasteiger charge is 2.23. The van der Waals surface area contributed by atoms with Gasteiger partial charge in [0.05, 0.1) is 55.1 Å². The standard InChI is InChI=1S/C27H25Cl2N5O5/c1-36-20-13-21(37-2)24(29)22(23(20)28)18-5-6-19(26-25(18)30-7-8-31-26)39-27(35)33-16-3-4-17(32-14-16)15-34-9-11-38-12-10-34/h3-8,13-14H,9-12,15H2,1-2H3,(H,33,35). The van der Waals surface area contributed by atoms with Gasteiger partial charge in [-0.25, -0.2) is 9.78 Å². The molecule has 3 heterocycles. The number of hydrogen-bond acceptors (Lipinski definition) is 9. The molecule has 1 amide bonds. The van der Waals surface area contributed by atoms with Crippen LogP contribution in [0, 0.1) is 0 Å². The van der Waals surface area contributed by atoms with Gasteiger partial charge < -0.3 is 18.9 Å². The Bertz CT molecular complexity index is 1470. The number of ether oxygens (including phenoxy) is 4. The topological polar surface area (TPSA) is 108 Å². The summed E-state index contributed by atoms with van der Waals surface area (Å²) >= 11 is 13.3. The van der Waals surface area contributed by atoms with E-state index in [2.05, 4.69) is 25.2 Å². The smallest absolute Gasteiger partial charge is 0.417 e. The van der Waals surface area contributed by atoms with Gasteiger partial charge in [-0.2, -0.15) is 0 Å². The zero-order chi connectivity index (χ0) is 27.4. The van der Waals surface area contributed by atoms with Crippen molar-refractivity contribution >= 4 is 46.0 Å². The number of carbonyl (C=O) groups excluding carboxylic acids is 1. The van der Waals surface area contributed by atoms with Gasteiger partial charge >= 0.3 is 6.09 Å². The number of aromatic nitrogens is 3. The van der Waals surface area contributed by atoms with Crippen molar-refractivity contribution in [2.75, 3.05) is 45.8 Å². The summed E-state index contributed by atoms with van der Waals surface area (Å²) in [5.74, 6) is 0.974. The number of methoxy groups -OCH3 is 2. The summed E-state index contributed by atoms with van der Waals surface area (Å²) in [5, 5.41) is 3.27. The van der Waals surface area contributed by atoms with Crippen LogP contribution in [0.3, 0.4) is 0 Å². The van der Waals surface area contributed by atoms with Gasteiger partial charge in [-0.3, -0.25) is 20.2 Å². The summed E-state index contributed by atoms with van der Waals surface area (Å²) in [7, 11) is 3.00. The molecule has 202 valence electrons. The highest BCUT2D eigenvalue weighted by molar-refractivity contribution is 6.41. The van der Waals surface area contributed by atoms with Gasteiger partial charge in [-0.05, 0) is 24.3 Å². The molecular weight excluding hydrogens is 545 g/mol. The summed E-state index contributed by atoms with van der Waals surface area (Å²) in [6.07, 6.45) is 3.93. The van der Waals surface area contributed by atoms with Crippen LogP contribution in [0.4, 0.5) is 10.5 Å². The highest BCUT2D eigenvalue weighted by Crippen LogP contribution is 2.47. The number of hydrogen-bond donors (Lipinski definition) is 1. The molecule has 1 N–H and O–H groups in total. The van der Waals surface area contributed by atoms with Crippen LogP contribution in [0.5, 0.6) is 17.2 Å². The van der Waals surface area contributed by atoms with Crippen molar-refractivity contribution in [3.63, 3.8) is 0 Å². The van der Waals surface area contributed by atoms with Crippen molar-refractivity contribution in [3.05, 3.63) is 64.7 Å². The lowest BCUT2D eigenvalue weighted by atomic mass is 10.0. The first-order valence-corrected chi connectivity index (χ1v) is 12.8. The van der Waals surface area contributed by atoms with Crippen LogP contribution in [0.1, 0.15) is 5.69 Å². The van der Waals surface area contributed by atoms with Gasteiger partial charge in [0.25, 0.3) is 0 Å². The SMILES string of the molecule is COc1cc(OC)c(Cl)c(-c2ccc(OC(=O)Nc3ccc(CN4CCOCC4)nc3)c3nccnc23)c1Cl. The molecule has 39 heavy (non-hydrogen) atoms. The van der Waals surface area contributed by atoms with E-state index in [-0.39, 0.29) is 15.8 Å². The zero-order valence-corrected chi connectivity index (χ0v) is 22.8. The molecule has 2 aromatic carbocycles. The zero-order valence-electron chi connectivity index (χ0n) is 21.2. The van der Waals surface area contributed by atoms with Crippen LogP contribution in [0.2, 0.25) is 10.0 Å². The fraction of sp³-hybridized carbons (Fsp3) is 0.259. The molecule has 0 atom stereocenters. The van der Waals surface area contributed by atoms with Crippen LogP contribution in [0.15, 0.2) is 48.9 Å². The van der Waals surface area contributed by atoms with Gasteiger partial charge in [-0.15, -0.1) is 0 Å². The summed E-state index contributed by atoms with van der Waals surface area (Å²) in [5.41, 5.74) is 3.20. The molecular formula is C27H25Cl2N5O5. The van der Waals surface area contributed by atoms with E-state index in [1.54, 1.807) is 30.5 Å². The summed E-state index contributed by atoms with van der Waals surface area (Å²) in [6.45, 7) is 3.90. The van der Waals surface area contributed by atoms with E-state index >= 15 is 0 Å². The Hall–Kier alpha value is -3.70. The molecule has 5 rings (SSSR count). The van der Waals surface area contributed by atoms with Crippen LogP contribution in [-0.4, -0.2) is 66.5 Å². The Labute approximate surface area is 234 Å². The molecule has 0 aliphatic carbocycles. The monoisotopic (exact) mass is 569 g/mol. The van der Waals surface area contributed by atoms with Gasteiger partial charge in [0, 0.05) is 49.2 Å². The average Bonchev–Trinajstić information content (AvgIpc) is 2.96. The van der Waals surface area contributed by atoms with Gasteiger partial charge in [0.1, 0.15) is 22.5 Å². The first-order valence-electron chi connectivity index (χ1n) is 12.1. The number of rotatable bonds is 7. The molecule has 1 aliphatic rings. The van der Waals surface area contributed by atoms with E-state index in [9.17, 15) is 4.79 Å². The molecule has 0 saturated carbocycles. The number of fused-ring (bicyclic) bond motifs is 1. The van der Waals surface area contributed by atoms with Gasteiger partial charge in [0.15, 0.2) is 5.75 Å². The van der Waals surface area contributed by atoms with Crippen molar-refractivity contribution in [2.45, 2.75) is 6.54 Å². The molecule has 0 radical (unpaired) electrons. The fourth-order valence-electron chi connectivity index (χ4n) is 4.26. The van der Waals surface area contributed by atoms with Crippen LogP contribution < -0.4 is 19.5 Å². The molecule has 0 unspecified atom stereocenters. The maximum atomic E-state index is 12.8. The number of halogens is 2. The molecule has 4 aromatic rings. The molecule has 12 heteroatoms. The lowest BCUT2D eigenvalue weighted by molar-refractivity contribution is 0.0336. The Morgan fingerprint density at radius 2 is 1.64 bits per heavy atom. The first-order chi connectivity index (χ1) is 19.0. The number of nitrogens with one attached hydrogen (secondary N) is 1. The van der Waals surface area contributed by atoms with E-state index in [1.807, 2.05) is 6.07 Å². The van der Waals surface area contributed by atoms with E-state index in [4.69, 9.17) is 42.1 Å².